The summed E-state index contributed by atoms with van der Waals surface area (Å²) in [6.45, 7) is 0.681. The molecule has 0 saturated carbocycles. The molecule has 12 atom stereocenters. The van der Waals surface area contributed by atoms with Crippen LogP contribution in [0, 0.1) is 37.1 Å². The molecule has 112 heavy (non-hydrogen) atoms. The highest BCUT2D eigenvalue weighted by Gasteiger charge is 2.56. The molecule has 8 heterocycles. The minimum atomic E-state index is -4.95. The molecule has 0 radical (unpaired) electrons. The minimum absolute atomic E-state index is 0.0184. The molecule has 11 aromatic rings. The molecule has 4 aliphatic heterocycles. The van der Waals surface area contributed by atoms with E-state index in [1.54, 1.807) is 84.9 Å². The summed E-state index contributed by atoms with van der Waals surface area (Å²) in [6, 6.07) is 31.1. The molecule has 4 fully saturated rings. The molecule has 582 valence electrons. The van der Waals surface area contributed by atoms with Crippen molar-refractivity contribution in [1.82, 2.24) is 70.2 Å². The summed E-state index contributed by atoms with van der Waals surface area (Å²) in [5, 5.41) is 29.8. The van der Waals surface area contributed by atoms with Crippen molar-refractivity contribution >= 4 is 58.2 Å². The fraction of sp³-hybridized carbons (Fsp3) is 0.297. The van der Waals surface area contributed by atoms with E-state index in [0.29, 0.717) is 22.3 Å². The van der Waals surface area contributed by atoms with Crippen LogP contribution in [0.15, 0.2) is 158 Å². The van der Waals surface area contributed by atoms with Gasteiger partial charge in [0.15, 0.2) is 24.2 Å². The van der Waals surface area contributed by atoms with Gasteiger partial charge in [-0.1, -0.05) is 142 Å². The Morgan fingerprint density at radius 3 is 1.25 bits per heavy atom. The minimum Gasteiger partial charge on any atom is -0.363 e. The van der Waals surface area contributed by atoms with Crippen LogP contribution < -0.4 is 10.6 Å². The Morgan fingerprint density at radius 2 is 0.884 bits per heavy atom. The summed E-state index contributed by atoms with van der Waals surface area (Å²) in [6.07, 6.45) is -20.0. The molecule has 2 unspecified atom stereocenters. The van der Waals surface area contributed by atoms with Gasteiger partial charge in [0.05, 0.1) is 48.1 Å². The Balaban J connectivity index is 0.687. The van der Waals surface area contributed by atoms with Crippen LogP contribution in [0.25, 0.3) is 33.9 Å². The molecule has 0 bridgehead atoms. The lowest BCUT2D eigenvalue weighted by Crippen LogP contribution is -2.58. The van der Waals surface area contributed by atoms with Crippen LogP contribution in [-0.4, -0.2) is 134 Å². The molecular formula is C74H58Cl4F10N14O10. The second-order valence-corrected chi connectivity index (χ2v) is 27.9. The van der Waals surface area contributed by atoms with Crippen LogP contribution in [0.4, 0.5) is 43.9 Å². The van der Waals surface area contributed by atoms with Gasteiger partial charge in [-0.05, 0) is 85.6 Å². The number of aryl methyl sites for hydroxylation is 2. The molecule has 0 aliphatic carbocycles. The van der Waals surface area contributed by atoms with E-state index in [1.807, 2.05) is 0 Å². The van der Waals surface area contributed by atoms with Crippen LogP contribution in [-0.2, 0) is 72.9 Å². The molecule has 0 spiro atoms. The normalized spacial score (nSPS) is 22.6. The standard InChI is InChI=1S/C74H58Cl4F10N14O10/c1-35-91-69(101(95-35)53-25-43(75)17-19-45(53)73(83,84)85)67-65(61(63-55(109-67)31-107-71(111-63)39-9-5-3-6-10-39)99-29-51(93-97-99)41-21-47(79)59(77)48(80)22-41)105-33-57(103)89-27-37-13-15-38(16-14-37)28-90-58(104)34-106-66-62(100-30-52(94-98-100)42-23-49(81)60(78)50(82)24-42)64-56(32-108-72(112-64)40-11-7-4-8-12-40)110-68(66)70-92-36(2)96-102(70)54-26-44(76)18-20-46(54)74(86,87)88/h3-26,29-30,55-56,61-68,71-72H,27-28,31-34H2,1-2H3,(H,89,103)(H,90,104)/t55-,56?,61+,62-,63+,64?,65-,66+,67-,68+,71+,72+/m1/s1. The zero-order valence-corrected chi connectivity index (χ0v) is 60.9. The number of ether oxygens (including phenoxy) is 8. The fourth-order valence-electron chi connectivity index (χ4n) is 13.7. The molecule has 4 aromatic heterocycles. The van der Waals surface area contributed by atoms with Crippen molar-refractivity contribution in [3.8, 4) is 33.9 Å². The fourth-order valence-corrected chi connectivity index (χ4v) is 14.3. The summed E-state index contributed by atoms with van der Waals surface area (Å²) in [7, 11) is 0. The maximum atomic E-state index is 15.0. The molecule has 4 saturated heterocycles. The number of carbonyl (C=O) groups excluding carboxylic acids is 2. The number of carbonyl (C=O) groups is 2. The van der Waals surface area contributed by atoms with Crippen LogP contribution in [0.5, 0.6) is 0 Å². The first-order chi connectivity index (χ1) is 53.7. The number of nitrogens with zero attached hydrogens (tertiary/aromatic N) is 12. The average Bonchev–Trinajstić information content (AvgIpc) is 1.33. The molecular weight excluding hydrogens is 1580 g/mol. The molecule has 7 aromatic carbocycles. The van der Waals surface area contributed by atoms with E-state index < -0.39 is 167 Å². The highest BCUT2D eigenvalue weighted by molar-refractivity contribution is 6.31. The van der Waals surface area contributed by atoms with Gasteiger partial charge >= 0.3 is 12.4 Å². The van der Waals surface area contributed by atoms with E-state index >= 15 is 17.6 Å². The Kier molecular flexibility index (Phi) is 22.1. The number of rotatable bonds is 20. The van der Waals surface area contributed by atoms with Gasteiger partial charge in [0.25, 0.3) is 0 Å². The van der Waals surface area contributed by atoms with Crippen molar-refractivity contribution < 1.29 is 91.4 Å². The smallest absolute Gasteiger partial charge is 0.363 e. The summed E-state index contributed by atoms with van der Waals surface area (Å²) in [5.41, 5.74) is -1.45. The third-order valence-corrected chi connectivity index (χ3v) is 20.0. The van der Waals surface area contributed by atoms with Crippen molar-refractivity contribution in [1.29, 1.82) is 0 Å². The van der Waals surface area contributed by atoms with E-state index in [2.05, 4.69) is 51.4 Å². The van der Waals surface area contributed by atoms with E-state index in [9.17, 15) is 35.9 Å². The summed E-state index contributed by atoms with van der Waals surface area (Å²) in [4.78, 5) is 37.7. The number of hydrogen-bond donors (Lipinski definition) is 2. The second-order valence-electron chi connectivity index (χ2n) is 26.3. The summed E-state index contributed by atoms with van der Waals surface area (Å²) >= 11 is 24.4. The van der Waals surface area contributed by atoms with Crippen molar-refractivity contribution in [3.05, 3.63) is 258 Å². The van der Waals surface area contributed by atoms with Gasteiger partial charge in [0.2, 0.25) is 11.8 Å². The first-order valence-corrected chi connectivity index (χ1v) is 35.7. The van der Waals surface area contributed by atoms with Crippen molar-refractivity contribution in [2.24, 2.45) is 0 Å². The Bertz CT molecular complexity index is 4930. The molecule has 2 N–H and O–H groups in total. The van der Waals surface area contributed by atoms with E-state index in [0.717, 1.165) is 70.0 Å². The third-order valence-electron chi connectivity index (χ3n) is 18.8. The monoisotopic (exact) mass is 1630 g/mol. The highest BCUT2D eigenvalue weighted by Crippen LogP contribution is 2.50. The lowest BCUT2D eigenvalue weighted by molar-refractivity contribution is -0.322. The molecule has 38 heteroatoms. The summed E-state index contributed by atoms with van der Waals surface area (Å²) in [5.74, 6) is -6.40. The Hall–Kier alpha value is -9.82. The summed E-state index contributed by atoms with van der Waals surface area (Å²) < 4.78 is 206. The lowest BCUT2D eigenvalue weighted by atomic mass is 9.90. The van der Waals surface area contributed by atoms with Gasteiger partial charge in [-0.15, -0.1) is 10.2 Å². The zero-order chi connectivity index (χ0) is 78.6. The number of alkyl halides is 6. The third kappa shape index (κ3) is 16.3. The van der Waals surface area contributed by atoms with Gasteiger partial charge < -0.3 is 48.5 Å². The molecule has 24 nitrogen and oxygen atoms in total. The van der Waals surface area contributed by atoms with Gasteiger partial charge in [-0.3, -0.25) is 9.59 Å². The largest absolute Gasteiger partial charge is 0.418 e. The number of amides is 2. The number of halogens is 14. The van der Waals surface area contributed by atoms with Gasteiger partial charge in [-0.25, -0.2) is 46.3 Å². The number of nitrogens with one attached hydrogen (secondary N) is 2. The highest BCUT2D eigenvalue weighted by atomic mass is 35.5. The zero-order valence-electron chi connectivity index (χ0n) is 57.9. The van der Waals surface area contributed by atoms with Crippen LogP contribution >= 0.6 is 46.4 Å². The predicted molar refractivity (Wildman–Crippen MR) is 376 cm³/mol. The van der Waals surface area contributed by atoms with Crippen LogP contribution in [0.2, 0.25) is 20.1 Å². The van der Waals surface area contributed by atoms with E-state index in [1.165, 1.54) is 35.6 Å². The molecule has 15 rings (SSSR count). The van der Waals surface area contributed by atoms with Crippen molar-refractivity contribution in [3.63, 3.8) is 0 Å². The number of hydrogen-bond acceptors (Lipinski definition) is 18. The number of benzene rings is 7. The van der Waals surface area contributed by atoms with E-state index in [4.69, 9.17) is 84.3 Å². The maximum absolute atomic E-state index is 15.0. The average molecular weight is 1640 g/mol. The second kappa shape index (κ2) is 32.0. The molecule has 4 aliphatic rings. The SMILES string of the molecule is Cc1nc([C@H]2OC3CO[C@H](c4ccccc4)OC3[C@@H](n3cc(-c4cc(F)c(Cl)c(F)c4)nn3)[C@@H]2OCC(=O)NCc2ccc(CNC(=O)CO[C@@H]3[C@@H](n4cc(-c5cc(F)c(Cl)c(F)c5)nn4)[C@H]4O[C@@H](c5ccccc5)OC[C@H]4O[C@H]3c3nc(C)nn3-c3cc(Cl)ccc3C(F)(F)F)cc2)n(-c2cc(Cl)ccc2C(F)(F)F)n1. The van der Waals surface area contributed by atoms with Gasteiger partial charge in [0.1, 0.15) is 130 Å². The van der Waals surface area contributed by atoms with Crippen molar-refractivity contribution in [2.75, 3.05) is 26.4 Å². The first kappa shape index (κ1) is 77.5. The van der Waals surface area contributed by atoms with Gasteiger partial charge in [-0.2, -0.15) is 36.5 Å². The quantitative estimate of drug-likeness (QED) is 0.0531. The number of fused-ring (bicyclic) bond motifs is 2. The first-order valence-electron chi connectivity index (χ1n) is 34.2. The predicted octanol–water partition coefficient (Wildman–Crippen LogP) is 14.2. The topological polar surface area (TPSA) is 255 Å². The number of aromatic nitrogens is 12. The lowest BCUT2D eigenvalue weighted by Gasteiger charge is -2.49. The van der Waals surface area contributed by atoms with Gasteiger partial charge in [0, 0.05) is 45.4 Å². The molecule has 2 amide bonds. The van der Waals surface area contributed by atoms with E-state index in [-0.39, 0.29) is 82.2 Å². The van der Waals surface area contributed by atoms with Crippen LogP contribution in [0.1, 0.15) is 93.5 Å². The van der Waals surface area contributed by atoms with Crippen molar-refractivity contribution in [2.45, 2.75) is 113 Å². The Morgan fingerprint density at radius 1 is 0.509 bits per heavy atom. The Labute approximate surface area is 647 Å². The maximum Gasteiger partial charge on any atom is 0.418 e. The van der Waals surface area contributed by atoms with Crippen LogP contribution in [0.3, 0.4) is 0 Å².